The molecule has 0 unspecified atom stereocenters. The molecule has 0 fully saturated rings. The number of thiocarbonyl (C=S) groups is 1. The molecule has 5 nitrogen and oxygen atoms in total. The number of methoxy groups -OCH3 is 1. The van der Waals surface area contributed by atoms with Gasteiger partial charge in [0, 0.05) is 5.69 Å². The monoisotopic (exact) mass is 315 g/mol. The van der Waals surface area contributed by atoms with Gasteiger partial charge in [-0.15, -0.1) is 0 Å². The van der Waals surface area contributed by atoms with Crippen LogP contribution >= 0.6 is 12.2 Å². The number of nitrogens with one attached hydrogen (secondary N) is 3. The lowest BCUT2D eigenvalue weighted by Gasteiger charge is -2.12. The van der Waals surface area contributed by atoms with Gasteiger partial charge in [0.1, 0.15) is 5.75 Å². The second kappa shape index (κ2) is 7.99. The van der Waals surface area contributed by atoms with Crippen molar-refractivity contribution in [3.63, 3.8) is 0 Å². The van der Waals surface area contributed by atoms with E-state index in [-0.39, 0.29) is 5.91 Å². The number of benzene rings is 2. The van der Waals surface area contributed by atoms with Crippen LogP contribution in [0.25, 0.3) is 0 Å². The van der Waals surface area contributed by atoms with Crippen LogP contribution in [0.5, 0.6) is 5.75 Å². The van der Waals surface area contributed by atoms with Gasteiger partial charge in [0.15, 0.2) is 5.11 Å². The third kappa shape index (κ3) is 5.06. The fourth-order valence-electron chi connectivity index (χ4n) is 1.79. The van der Waals surface area contributed by atoms with Crippen molar-refractivity contribution in [2.45, 2.75) is 6.42 Å². The van der Waals surface area contributed by atoms with Crippen molar-refractivity contribution in [1.29, 1.82) is 0 Å². The van der Waals surface area contributed by atoms with Crippen molar-refractivity contribution in [3.05, 3.63) is 60.2 Å². The molecule has 0 aliphatic rings. The molecule has 2 rings (SSSR count). The molecule has 6 heteroatoms. The molecular formula is C16H17N3O2S. The summed E-state index contributed by atoms with van der Waals surface area (Å²) in [5, 5.41) is 3.27. The second-order valence-corrected chi connectivity index (χ2v) is 4.93. The van der Waals surface area contributed by atoms with Crippen molar-refractivity contribution >= 4 is 28.9 Å². The molecule has 0 atom stereocenters. The van der Waals surface area contributed by atoms with Crippen LogP contribution in [0.15, 0.2) is 54.6 Å². The quantitative estimate of drug-likeness (QED) is 0.597. The number of rotatable bonds is 4. The van der Waals surface area contributed by atoms with E-state index in [2.05, 4.69) is 16.2 Å². The minimum Gasteiger partial charge on any atom is -0.497 e. The summed E-state index contributed by atoms with van der Waals surface area (Å²) in [7, 11) is 1.61. The highest BCUT2D eigenvalue weighted by Crippen LogP contribution is 2.14. The van der Waals surface area contributed by atoms with Crippen LogP contribution in [-0.4, -0.2) is 18.1 Å². The third-order valence-corrected chi connectivity index (χ3v) is 3.07. The predicted molar refractivity (Wildman–Crippen MR) is 90.6 cm³/mol. The summed E-state index contributed by atoms with van der Waals surface area (Å²) in [5.41, 5.74) is 6.97. The highest BCUT2D eigenvalue weighted by Gasteiger charge is 2.03. The van der Waals surface area contributed by atoms with Crippen molar-refractivity contribution in [2.24, 2.45) is 0 Å². The first-order valence-electron chi connectivity index (χ1n) is 6.71. The Morgan fingerprint density at radius 3 is 2.36 bits per heavy atom. The Morgan fingerprint density at radius 2 is 1.73 bits per heavy atom. The average Bonchev–Trinajstić information content (AvgIpc) is 2.55. The number of hydrogen-bond acceptors (Lipinski definition) is 3. The highest BCUT2D eigenvalue weighted by atomic mass is 32.1. The summed E-state index contributed by atoms with van der Waals surface area (Å²) in [6.45, 7) is 0. The van der Waals surface area contributed by atoms with Gasteiger partial charge in [-0.05, 0) is 42.0 Å². The fourth-order valence-corrected chi connectivity index (χ4v) is 1.96. The van der Waals surface area contributed by atoms with Gasteiger partial charge < -0.3 is 10.1 Å². The molecule has 0 aliphatic carbocycles. The maximum absolute atomic E-state index is 11.8. The molecule has 3 N–H and O–H groups in total. The number of anilines is 1. The van der Waals surface area contributed by atoms with Crippen LogP contribution in [0.4, 0.5) is 5.69 Å². The van der Waals surface area contributed by atoms with Gasteiger partial charge in [0.05, 0.1) is 13.5 Å². The molecule has 0 aromatic heterocycles. The summed E-state index contributed by atoms with van der Waals surface area (Å²) in [4.78, 5) is 11.8. The van der Waals surface area contributed by atoms with Crippen LogP contribution in [0.1, 0.15) is 5.56 Å². The van der Waals surface area contributed by atoms with Crippen LogP contribution in [0, 0.1) is 0 Å². The molecule has 0 saturated heterocycles. The van der Waals surface area contributed by atoms with Crippen molar-refractivity contribution in [1.82, 2.24) is 10.9 Å². The predicted octanol–water partition coefficient (Wildman–Crippen LogP) is 2.26. The standard InChI is InChI=1S/C16H17N3O2S/c1-21-14-9-7-13(8-10-14)17-16(22)19-18-15(20)11-12-5-3-2-4-6-12/h2-10H,11H2,1H3,(H,18,20)(H2,17,19,22). The summed E-state index contributed by atoms with van der Waals surface area (Å²) < 4.78 is 5.08. The number of carbonyl (C=O) groups is 1. The van der Waals surface area contributed by atoms with Crippen LogP contribution < -0.4 is 20.9 Å². The van der Waals surface area contributed by atoms with Gasteiger partial charge in [-0.2, -0.15) is 0 Å². The van der Waals surface area contributed by atoms with E-state index < -0.39 is 0 Å². The summed E-state index contributed by atoms with van der Waals surface area (Å²) in [5.74, 6) is 0.602. The van der Waals surface area contributed by atoms with Gasteiger partial charge >= 0.3 is 0 Å². The van der Waals surface area contributed by atoms with Crippen molar-refractivity contribution < 1.29 is 9.53 Å². The van der Waals surface area contributed by atoms with Crippen LogP contribution in [0.3, 0.4) is 0 Å². The molecule has 0 bridgehead atoms. The van der Waals surface area contributed by atoms with E-state index in [9.17, 15) is 4.79 Å². The number of amides is 1. The maximum Gasteiger partial charge on any atom is 0.242 e. The molecule has 0 radical (unpaired) electrons. The van der Waals surface area contributed by atoms with E-state index in [0.29, 0.717) is 11.5 Å². The zero-order chi connectivity index (χ0) is 15.8. The Hall–Kier alpha value is -2.60. The first kappa shape index (κ1) is 15.8. The Balaban J connectivity index is 1.76. The molecule has 2 aromatic rings. The normalized spacial score (nSPS) is 9.68. The lowest BCUT2D eigenvalue weighted by atomic mass is 10.1. The molecular weight excluding hydrogens is 298 g/mol. The van der Waals surface area contributed by atoms with Gasteiger partial charge in [0.25, 0.3) is 0 Å². The lowest BCUT2D eigenvalue weighted by molar-refractivity contribution is -0.120. The molecule has 2 aromatic carbocycles. The first-order chi connectivity index (χ1) is 10.7. The zero-order valence-electron chi connectivity index (χ0n) is 12.1. The Labute approximate surface area is 134 Å². The maximum atomic E-state index is 11.8. The SMILES string of the molecule is COc1ccc(NC(=S)NNC(=O)Cc2ccccc2)cc1. The molecule has 1 amide bonds. The number of carbonyl (C=O) groups excluding carboxylic acids is 1. The van der Waals surface area contributed by atoms with E-state index in [1.165, 1.54) is 0 Å². The molecule has 0 heterocycles. The van der Waals surface area contributed by atoms with E-state index in [0.717, 1.165) is 17.0 Å². The van der Waals surface area contributed by atoms with Gasteiger partial charge in [-0.1, -0.05) is 30.3 Å². The molecule has 22 heavy (non-hydrogen) atoms. The summed E-state index contributed by atoms with van der Waals surface area (Å²) in [6, 6.07) is 16.8. The average molecular weight is 315 g/mol. The summed E-state index contributed by atoms with van der Waals surface area (Å²) in [6.07, 6.45) is 0.291. The minimum absolute atomic E-state index is 0.162. The number of hydrazine groups is 1. The van der Waals surface area contributed by atoms with Gasteiger partial charge in [-0.25, -0.2) is 0 Å². The van der Waals surface area contributed by atoms with Crippen LogP contribution in [-0.2, 0) is 11.2 Å². The number of ether oxygens (including phenoxy) is 1. The summed E-state index contributed by atoms with van der Waals surface area (Å²) >= 11 is 5.11. The molecule has 114 valence electrons. The Bertz CT molecular complexity index is 630. The van der Waals surface area contributed by atoms with Gasteiger partial charge in [-0.3, -0.25) is 15.6 Å². The van der Waals surface area contributed by atoms with E-state index >= 15 is 0 Å². The minimum atomic E-state index is -0.162. The first-order valence-corrected chi connectivity index (χ1v) is 7.12. The topological polar surface area (TPSA) is 62.4 Å². The van der Waals surface area contributed by atoms with Crippen LogP contribution in [0.2, 0.25) is 0 Å². The second-order valence-electron chi connectivity index (χ2n) is 4.52. The largest absolute Gasteiger partial charge is 0.497 e. The van der Waals surface area contributed by atoms with E-state index in [4.69, 9.17) is 17.0 Å². The van der Waals surface area contributed by atoms with Crippen molar-refractivity contribution in [2.75, 3.05) is 12.4 Å². The van der Waals surface area contributed by atoms with E-state index in [1.807, 2.05) is 54.6 Å². The molecule has 0 aliphatic heterocycles. The smallest absolute Gasteiger partial charge is 0.242 e. The lowest BCUT2D eigenvalue weighted by Crippen LogP contribution is -2.44. The third-order valence-electron chi connectivity index (χ3n) is 2.87. The fraction of sp³-hybridized carbons (Fsp3) is 0.125. The molecule has 0 saturated carbocycles. The van der Waals surface area contributed by atoms with Crippen molar-refractivity contribution in [3.8, 4) is 5.75 Å². The highest BCUT2D eigenvalue weighted by molar-refractivity contribution is 7.80. The van der Waals surface area contributed by atoms with E-state index in [1.54, 1.807) is 7.11 Å². The molecule has 0 spiro atoms. The number of hydrogen-bond donors (Lipinski definition) is 3. The Morgan fingerprint density at radius 1 is 1.05 bits per heavy atom. The Kier molecular flexibility index (Phi) is 5.73. The van der Waals surface area contributed by atoms with Gasteiger partial charge in [0.2, 0.25) is 5.91 Å². The zero-order valence-corrected chi connectivity index (χ0v) is 12.9.